The standard InChI is InChI=1S/C11H22O4/c1-8(2)13-7-11(6,14-9(3)4)15-10(5)12/h8-9H,7H2,1-6H3. The van der Waals surface area contributed by atoms with Gasteiger partial charge >= 0.3 is 5.97 Å². The zero-order valence-electron chi connectivity index (χ0n) is 10.5. The molecular weight excluding hydrogens is 196 g/mol. The molecule has 0 spiro atoms. The third-order valence-corrected chi connectivity index (χ3v) is 1.52. The second kappa shape index (κ2) is 6.08. The molecule has 0 aliphatic rings. The van der Waals surface area contributed by atoms with E-state index in [1.807, 2.05) is 27.7 Å². The molecule has 15 heavy (non-hydrogen) atoms. The van der Waals surface area contributed by atoms with Gasteiger partial charge in [-0.2, -0.15) is 0 Å². The van der Waals surface area contributed by atoms with Crippen LogP contribution in [0, 0.1) is 0 Å². The fraction of sp³-hybridized carbons (Fsp3) is 0.909. The van der Waals surface area contributed by atoms with Crippen molar-refractivity contribution in [2.75, 3.05) is 6.61 Å². The van der Waals surface area contributed by atoms with E-state index in [2.05, 4.69) is 0 Å². The molecule has 0 rings (SSSR count). The van der Waals surface area contributed by atoms with Gasteiger partial charge in [-0.05, 0) is 27.7 Å². The van der Waals surface area contributed by atoms with E-state index in [0.717, 1.165) is 0 Å². The van der Waals surface area contributed by atoms with Gasteiger partial charge in [0, 0.05) is 13.8 Å². The number of hydrogen-bond acceptors (Lipinski definition) is 4. The quantitative estimate of drug-likeness (QED) is 0.506. The summed E-state index contributed by atoms with van der Waals surface area (Å²) in [4.78, 5) is 10.9. The van der Waals surface area contributed by atoms with Crippen molar-refractivity contribution < 1.29 is 19.0 Å². The summed E-state index contributed by atoms with van der Waals surface area (Å²) in [7, 11) is 0. The number of ether oxygens (including phenoxy) is 3. The minimum absolute atomic E-state index is 0.0230. The highest BCUT2D eigenvalue weighted by molar-refractivity contribution is 5.66. The zero-order valence-corrected chi connectivity index (χ0v) is 10.5. The van der Waals surface area contributed by atoms with Crippen LogP contribution in [0.15, 0.2) is 0 Å². The van der Waals surface area contributed by atoms with E-state index in [4.69, 9.17) is 14.2 Å². The molecule has 0 aromatic carbocycles. The molecule has 0 aromatic rings. The molecule has 0 heterocycles. The Balaban J connectivity index is 4.33. The summed E-state index contributed by atoms with van der Waals surface area (Å²) in [5.74, 6) is -1.37. The van der Waals surface area contributed by atoms with Crippen LogP contribution >= 0.6 is 0 Å². The average molecular weight is 218 g/mol. The van der Waals surface area contributed by atoms with Crippen LogP contribution in [0.3, 0.4) is 0 Å². The molecule has 0 fully saturated rings. The van der Waals surface area contributed by atoms with Crippen molar-refractivity contribution in [2.24, 2.45) is 0 Å². The van der Waals surface area contributed by atoms with Gasteiger partial charge in [-0.15, -0.1) is 0 Å². The van der Waals surface area contributed by atoms with E-state index in [1.54, 1.807) is 6.92 Å². The molecule has 4 nitrogen and oxygen atoms in total. The molecule has 0 N–H and O–H groups in total. The number of carbonyl (C=O) groups is 1. The molecule has 90 valence electrons. The van der Waals surface area contributed by atoms with Gasteiger partial charge in [0.15, 0.2) is 0 Å². The van der Waals surface area contributed by atoms with Gasteiger partial charge < -0.3 is 14.2 Å². The SMILES string of the molecule is CC(=O)OC(C)(COC(C)C)OC(C)C. The normalized spacial score (nSPS) is 15.5. The molecule has 0 saturated heterocycles. The van der Waals surface area contributed by atoms with Crippen molar-refractivity contribution >= 4 is 5.97 Å². The van der Waals surface area contributed by atoms with E-state index in [1.165, 1.54) is 6.92 Å². The topological polar surface area (TPSA) is 44.8 Å². The highest BCUT2D eigenvalue weighted by atomic mass is 16.7. The molecule has 0 amide bonds. The third kappa shape index (κ3) is 7.33. The van der Waals surface area contributed by atoms with E-state index < -0.39 is 5.79 Å². The zero-order chi connectivity index (χ0) is 12.1. The van der Waals surface area contributed by atoms with Crippen molar-refractivity contribution in [1.29, 1.82) is 0 Å². The Kier molecular flexibility index (Phi) is 5.83. The van der Waals surface area contributed by atoms with Crippen LogP contribution in [0.2, 0.25) is 0 Å². The largest absolute Gasteiger partial charge is 0.431 e. The predicted octanol–water partition coefficient (Wildman–Crippen LogP) is 2.12. The fourth-order valence-electron chi connectivity index (χ4n) is 1.21. The molecule has 1 unspecified atom stereocenters. The first-order chi connectivity index (χ1) is 6.75. The first kappa shape index (κ1) is 14.4. The maximum absolute atomic E-state index is 10.9. The minimum atomic E-state index is -0.996. The van der Waals surface area contributed by atoms with Crippen molar-refractivity contribution in [3.63, 3.8) is 0 Å². The summed E-state index contributed by atoms with van der Waals surface area (Å²) in [6, 6.07) is 0. The van der Waals surface area contributed by atoms with Crippen LogP contribution in [-0.4, -0.2) is 30.6 Å². The summed E-state index contributed by atoms with van der Waals surface area (Å²) in [6.07, 6.45) is 0.0563. The second-order valence-corrected chi connectivity index (χ2v) is 4.25. The summed E-state index contributed by atoms with van der Waals surface area (Å²) >= 11 is 0. The molecular formula is C11H22O4. The van der Waals surface area contributed by atoms with Gasteiger partial charge in [0.05, 0.1) is 12.2 Å². The van der Waals surface area contributed by atoms with Gasteiger partial charge in [0.1, 0.15) is 6.61 Å². The second-order valence-electron chi connectivity index (χ2n) is 4.25. The lowest BCUT2D eigenvalue weighted by Crippen LogP contribution is -2.41. The Morgan fingerprint density at radius 3 is 2.07 bits per heavy atom. The molecule has 0 aliphatic carbocycles. The van der Waals surface area contributed by atoms with Crippen LogP contribution in [0.25, 0.3) is 0 Å². The monoisotopic (exact) mass is 218 g/mol. The third-order valence-electron chi connectivity index (χ3n) is 1.52. The van der Waals surface area contributed by atoms with Crippen LogP contribution in [0.5, 0.6) is 0 Å². The lowest BCUT2D eigenvalue weighted by molar-refractivity contribution is -0.257. The van der Waals surface area contributed by atoms with Crippen LogP contribution in [0.4, 0.5) is 0 Å². The van der Waals surface area contributed by atoms with Gasteiger partial charge in [-0.1, -0.05) is 0 Å². The summed E-state index contributed by atoms with van der Waals surface area (Å²) in [5.41, 5.74) is 0. The average Bonchev–Trinajstić information content (AvgIpc) is 1.97. The highest BCUT2D eigenvalue weighted by Gasteiger charge is 2.30. The maximum Gasteiger partial charge on any atom is 0.305 e. The number of carbonyl (C=O) groups excluding carboxylic acids is 1. The maximum atomic E-state index is 10.9. The van der Waals surface area contributed by atoms with Crippen LogP contribution in [-0.2, 0) is 19.0 Å². The van der Waals surface area contributed by atoms with Crippen molar-refractivity contribution in [1.82, 2.24) is 0 Å². The molecule has 4 heteroatoms. The molecule has 1 atom stereocenters. The fourth-order valence-corrected chi connectivity index (χ4v) is 1.21. The van der Waals surface area contributed by atoms with Gasteiger partial charge in [-0.3, -0.25) is 4.79 Å². The Hall–Kier alpha value is -0.610. The first-order valence-electron chi connectivity index (χ1n) is 5.24. The highest BCUT2D eigenvalue weighted by Crippen LogP contribution is 2.17. The molecule has 0 bridgehead atoms. The van der Waals surface area contributed by atoms with Gasteiger partial charge in [-0.25, -0.2) is 0 Å². The number of rotatable bonds is 6. The summed E-state index contributed by atoms with van der Waals surface area (Å²) in [6.45, 7) is 10.9. The van der Waals surface area contributed by atoms with Crippen LogP contribution in [0.1, 0.15) is 41.5 Å². The van der Waals surface area contributed by atoms with E-state index in [-0.39, 0.29) is 24.8 Å². The Morgan fingerprint density at radius 2 is 1.73 bits per heavy atom. The van der Waals surface area contributed by atoms with E-state index >= 15 is 0 Å². The lowest BCUT2D eigenvalue weighted by atomic mass is 10.3. The smallest absolute Gasteiger partial charge is 0.305 e. The molecule has 0 radical (unpaired) electrons. The Bertz CT molecular complexity index is 201. The van der Waals surface area contributed by atoms with Crippen LogP contribution < -0.4 is 0 Å². The summed E-state index contributed by atoms with van der Waals surface area (Å²) < 4.78 is 16.1. The van der Waals surface area contributed by atoms with E-state index in [9.17, 15) is 4.79 Å². The Morgan fingerprint density at radius 1 is 1.20 bits per heavy atom. The van der Waals surface area contributed by atoms with Crippen molar-refractivity contribution in [2.45, 2.75) is 59.5 Å². The molecule has 0 aromatic heterocycles. The first-order valence-corrected chi connectivity index (χ1v) is 5.24. The number of hydrogen-bond donors (Lipinski definition) is 0. The lowest BCUT2D eigenvalue weighted by Gasteiger charge is -2.31. The molecule has 0 aliphatic heterocycles. The predicted molar refractivity (Wildman–Crippen MR) is 57.5 cm³/mol. The van der Waals surface area contributed by atoms with E-state index in [0.29, 0.717) is 0 Å². The molecule has 0 saturated carbocycles. The minimum Gasteiger partial charge on any atom is -0.431 e. The van der Waals surface area contributed by atoms with Gasteiger partial charge in [0.25, 0.3) is 0 Å². The Labute approximate surface area is 91.9 Å². The number of esters is 1. The van der Waals surface area contributed by atoms with Crippen molar-refractivity contribution in [3.05, 3.63) is 0 Å². The van der Waals surface area contributed by atoms with Crippen molar-refractivity contribution in [3.8, 4) is 0 Å². The van der Waals surface area contributed by atoms with Gasteiger partial charge in [0.2, 0.25) is 5.79 Å². The summed E-state index contributed by atoms with van der Waals surface area (Å²) in [5, 5.41) is 0.